The molecule has 0 radical (unpaired) electrons. The fourth-order valence-corrected chi connectivity index (χ4v) is 3.77. The molecule has 1 aliphatic heterocycles. The predicted octanol–water partition coefficient (Wildman–Crippen LogP) is 3.93. The van der Waals surface area contributed by atoms with E-state index in [9.17, 15) is 9.59 Å². The van der Waals surface area contributed by atoms with Gasteiger partial charge in [-0.25, -0.2) is 4.98 Å². The number of oxazole rings is 1. The number of anilines is 2. The molecule has 2 N–H and O–H groups in total. The maximum Gasteiger partial charge on any atom is 0.277 e. The number of aryl methyl sites for hydroxylation is 1. The van der Waals surface area contributed by atoms with Crippen LogP contribution in [0.5, 0.6) is 0 Å². The van der Waals surface area contributed by atoms with Crippen molar-refractivity contribution < 1.29 is 14.0 Å². The van der Waals surface area contributed by atoms with E-state index in [1.807, 2.05) is 19.1 Å². The zero-order valence-corrected chi connectivity index (χ0v) is 16.9. The van der Waals surface area contributed by atoms with Crippen molar-refractivity contribution in [1.82, 2.24) is 9.88 Å². The van der Waals surface area contributed by atoms with Gasteiger partial charge in [-0.3, -0.25) is 14.5 Å². The molecular formula is C22H28N4O3. The van der Waals surface area contributed by atoms with Gasteiger partial charge in [0.1, 0.15) is 6.26 Å². The van der Waals surface area contributed by atoms with Crippen molar-refractivity contribution in [2.24, 2.45) is 0 Å². The topological polar surface area (TPSA) is 87.5 Å². The van der Waals surface area contributed by atoms with Crippen molar-refractivity contribution in [3.8, 4) is 0 Å². The molecule has 1 saturated heterocycles. The van der Waals surface area contributed by atoms with Gasteiger partial charge in [0.15, 0.2) is 11.6 Å². The van der Waals surface area contributed by atoms with Gasteiger partial charge in [-0.15, -0.1) is 0 Å². The van der Waals surface area contributed by atoms with E-state index in [0.717, 1.165) is 44.3 Å². The maximum absolute atomic E-state index is 12.5. The molecule has 2 fully saturated rings. The Morgan fingerprint density at radius 1 is 1.14 bits per heavy atom. The largest absolute Gasteiger partial charge is 0.448 e. The lowest BCUT2D eigenvalue weighted by Gasteiger charge is -2.25. The summed E-state index contributed by atoms with van der Waals surface area (Å²) in [6, 6.07) is 5.49. The van der Waals surface area contributed by atoms with Gasteiger partial charge >= 0.3 is 0 Å². The highest BCUT2D eigenvalue weighted by Gasteiger charge is 2.25. The lowest BCUT2D eigenvalue weighted by molar-refractivity contribution is -0.117. The summed E-state index contributed by atoms with van der Waals surface area (Å²) in [6.45, 7) is 4.29. The van der Waals surface area contributed by atoms with Crippen molar-refractivity contribution in [3.05, 3.63) is 41.6 Å². The number of hydrogen-bond donors (Lipinski definition) is 2. The summed E-state index contributed by atoms with van der Waals surface area (Å²) in [6.07, 6.45) is 8.28. The smallest absolute Gasteiger partial charge is 0.277 e. The van der Waals surface area contributed by atoms with E-state index in [1.165, 1.54) is 19.1 Å². The fraction of sp³-hybridized carbons (Fsp3) is 0.500. The molecule has 7 heteroatoms. The molecule has 1 aromatic carbocycles. The van der Waals surface area contributed by atoms with Gasteiger partial charge in [-0.05, 0) is 63.4 Å². The van der Waals surface area contributed by atoms with Gasteiger partial charge in [0.25, 0.3) is 5.91 Å². The van der Waals surface area contributed by atoms with Gasteiger partial charge in [-0.2, -0.15) is 0 Å². The van der Waals surface area contributed by atoms with Crippen LogP contribution in [0, 0.1) is 6.92 Å². The highest BCUT2D eigenvalue weighted by atomic mass is 16.3. The molecule has 0 bridgehead atoms. The zero-order chi connectivity index (χ0) is 20.2. The first-order valence-electron chi connectivity index (χ1n) is 10.5. The van der Waals surface area contributed by atoms with Crippen LogP contribution in [-0.4, -0.2) is 41.3 Å². The normalized spacial score (nSPS) is 17.6. The van der Waals surface area contributed by atoms with Crippen LogP contribution in [0.25, 0.3) is 0 Å². The van der Waals surface area contributed by atoms with Crippen LogP contribution in [0.2, 0.25) is 0 Å². The number of hydrogen-bond acceptors (Lipinski definition) is 5. The first kappa shape index (κ1) is 19.6. The van der Waals surface area contributed by atoms with E-state index in [1.54, 1.807) is 6.07 Å². The summed E-state index contributed by atoms with van der Waals surface area (Å²) in [7, 11) is 0. The summed E-state index contributed by atoms with van der Waals surface area (Å²) in [5.41, 5.74) is 2.55. The second kappa shape index (κ2) is 8.78. The van der Waals surface area contributed by atoms with Crippen LogP contribution in [0.15, 0.2) is 28.9 Å². The Morgan fingerprint density at radius 2 is 1.93 bits per heavy atom. The van der Waals surface area contributed by atoms with E-state index in [-0.39, 0.29) is 17.5 Å². The molecule has 1 aromatic heterocycles. The molecule has 2 heterocycles. The number of nitrogens with zero attached hydrogens (tertiary/aromatic N) is 2. The molecule has 7 nitrogen and oxygen atoms in total. The molecular weight excluding hydrogens is 368 g/mol. The highest BCUT2D eigenvalue weighted by molar-refractivity contribution is 6.03. The van der Waals surface area contributed by atoms with Crippen LogP contribution in [-0.2, 0) is 4.79 Å². The number of benzene rings is 1. The standard InChI is InChI=1S/C22H28N4O3/c1-15-8-9-17(12-18(15)24-20(27)13-26-10-3-2-4-11-26)23-21(28)19-14-29-22(25-19)16-6-5-7-16/h8-9,12,14,16H,2-7,10-11,13H2,1H3,(H,23,28)(H,24,27). The Labute approximate surface area is 170 Å². The van der Waals surface area contributed by atoms with Crippen molar-refractivity contribution >= 4 is 23.2 Å². The number of likely N-dealkylation sites (tertiary alicyclic amines) is 1. The third-order valence-corrected chi connectivity index (χ3v) is 5.79. The molecule has 1 aliphatic carbocycles. The lowest BCUT2D eigenvalue weighted by Crippen LogP contribution is -2.36. The first-order chi connectivity index (χ1) is 14.1. The van der Waals surface area contributed by atoms with Crippen molar-refractivity contribution in [2.75, 3.05) is 30.3 Å². The van der Waals surface area contributed by atoms with E-state index in [2.05, 4.69) is 20.5 Å². The highest BCUT2D eigenvalue weighted by Crippen LogP contribution is 2.35. The van der Waals surface area contributed by atoms with Gasteiger partial charge in [0, 0.05) is 17.3 Å². The Hall–Kier alpha value is -2.67. The third kappa shape index (κ3) is 4.85. The average Bonchev–Trinajstić information content (AvgIpc) is 3.13. The number of aromatic nitrogens is 1. The minimum atomic E-state index is -0.311. The van der Waals surface area contributed by atoms with E-state index in [4.69, 9.17) is 4.42 Å². The fourth-order valence-electron chi connectivity index (χ4n) is 3.77. The molecule has 2 aromatic rings. The molecule has 4 rings (SSSR count). The molecule has 0 spiro atoms. The summed E-state index contributed by atoms with van der Waals surface area (Å²) in [5.74, 6) is 0.655. The summed E-state index contributed by atoms with van der Waals surface area (Å²) in [5, 5.41) is 5.82. The van der Waals surface area contributed by atoms with Gasteiger partial charge in [-0.1, -0.05) is 18.9 Å². The van der Waals surface area contributed by atoms with Gasteiger partial charge < -0.3 is 15.1 Å². The van der Waals surface area contributed by atoms with E-state index >= 15 is 0 Å². The molecule has 0 atom stereocenters. The van der Waals surface area contributed by atoms with Crippen LogP contribution < -0.4 is 10.6 Å². The van der Waals surface area contributed by atoms with Gasteiger partial charge in [0.2, 0.25) is 5.91 Å². The van der Waals surface area contributed by atoms with Gasteiger partial charge in [0.05, 0.1) is 6.54 Å². The second-order valence-electron chi connectivity index (χ2n) is 8.07. The quantitative estimate of drug-likeness (QED) is 0.773. The lowest BCUT2D eigenvalue weighted by atomic mass is 9.85. The van der Waals surface area contributed by atoms with Crippen LogP contribution >= 0.6 is 0 Å². The molecule has 1 saturated carbocycles. The SMILES string of the molecule is Cc1ccc(NC(=O)c2coc(C3CCC3)n2)cc1NC(=O)CN1CCCCC1. The van der Waals surface area contributed by atoms with Crippen molar-refractivity contribution in [3.63, 3.8) is 0 Å². The predicted molar refractivity (Wildman–Crippen MR) is 111 cm³/mol. The summed E-state index contributed by atoms with van der Waals surface area (Å²) >= 11 is 0. The molecule has 0 unspecified atom stereocenters. The summed E-state index contributed by atoms with van der Waals surface area (Å²) < 4.78 is 5.46. The number of nitrogens with one attached hydrogen (secondary N) is 2. The minimum absolute atomic E-state index is 0.0277. The minimum Gasteiger partial charge on any atom is -0.448 e. The average molecular weight is 396 g/mol. The van der Waals surface area contributed by atoms with Crippen LogP contribution in [0.4, 0.5) is 11.4 Å². The Bertz CT molecular complexity index is 882. The first-order valence-corrected chi connectivity index (χ1v) is 10.5. The zero-order valence-electron chi connectivity index (χ0n) is 16.9. The van der Waals surface area contributed by atoms with Crippen molar-refractivity contribution in [1.29, 1.82) is 0 Å². The maximum atomic E-state index is 12.5. The van der Waals surface area contributed by atoms with E-state index in [0.29, 0.717) is 29.7 Å². The number of amides is 2. The van der Waals surface area contributed by atoms with Crippen LogP contribution in [0.1, 0.15) is 66.4 Å². The van der Waals surface area contributed by atoms with E-state index < -0.39 is 0 Å². The Kier molecular flexibility index (Phi) is 5.94. The molecule has 2 amide bonds. The molecule has 2 aliphatic rings. The van der Waals surface area contributed by atoms with Crippen LogP contribution in [0.3, 0.4) is 0 Å². The number of piperidine rings is 1. The number of carbonyl (C=O) groups is 2. The molecule has 154 valence electrons. The third-order valence-electron chi connectivity index (χ3n) is 5.79. The number of carbonyl (C=O) groups excluding carboxylic acids is 2. The summed E-state index contributed by atoms with van der Waals surface area (Å²) in [4.78, 5) is 31.4. The monoisotopic (exact) mass is 396 g/mol. The molecule has 29 heavy (non-hydrogen) atoms. The second-order valence-corrected chi connectivity index (χ2v) is 8.07. The Balaban J connectivity index is 1.37. The Morgan fingerprint density at radius 3 is 2.66 bits per heavy atom. The number of rotatable bonds is 6. The van der Waals surface area contributed by atoms with Crippen molar-refractivity contribution in [2.45, 2.75) is 51.4 Å².